The van der Waals surface area contributed by atoms with Gasteiger partial charge >= 0.3 is 0 Å². The van der Waals surface area contributed by atoms with Crippen LogP contribution in [0.25, 0.3) is 0 Å². The van der Waals surface area contributed by atoms with Gasteiger partial charge in [-0.1, -0.05) is 12.1 Å². The van der Waals surface area contributed by atoms with Crippen LogP contribution in [0.4, 0.5) is 5.69 Å². The van der Waals surface area contributed by atoms with Gasteiger partial charge in [0.25, 0.3) is 0 Å². The number of rotatable bonds is 4. The predicted octanol–water partition coefficient (Wildman–Crippen LogP) is 0.754. The molecule has 1 N–H and O–H groups in total. The third-order valence-corrected chi connectivity index (χ3v) is 2.83. The van der Waals surface area contributed by atoms with Crippen molar-refractivity contribution < 1.29 is 14.6 Å². The zero-order valence-corrected chi connectivity index (χ0v) is 9.17. The molecule has 1 heterocycles. The van der Waals surface area contributed by atoms with E-state index in [1.54, 1.807) is 0 Å². The van der Waals surface area contributed by atoms with Gasteiger partial charge in [0.05, 0.1) is 6.10 Å². The molecule has 86 valence electrons. The van der Waals surface area contributed by atoms with Crippen molar-refractivity contribution in [3.8, 4) is 0 Å². The van der Waals surface area contributed by atoms with E-state index in [9.17, 15) is 9.90 Å². The van der Waals surface area contributed by atoms with E-state index in [1.807, 2.05) is 24.3 Å². The lowest BCUT2D eigenvalue weighted by Gasteiger charge is -2.37. The number of aliphatic hydroxyl groups is 1. The van der Waals surface area contributed by atoms with Gasteiger partial charge in [-0.25, -0.2) is 0 Å². The largest absolute Gasteiger partial charge is 0.389 e. The van der Waals surface area contributed by atoms with Crippen molar-refractivity contribution in [3.05, 3.63) is 29.8 Å². The number of aliphatic hydroxyl groups excluding tert-OH is 1. The molecule has 4 heteroatoms. The monoisotopic (exact) mass is 221 g/mol. The Labute approximate surface area is 94.4 Å². The van der Waals surface area contributed by atoms with Crippen molar-refractivity contribution in [2.45, 2.75) is 12.2 Å². The zero-order chi connectivity index (χ0) is 11.5. The molecule has 2 rings (SSSR count). The van der Waals surface area contributed by atoms with E-state index in [-0.39, 0.29) is 6.10 Å². The Morgan fingerprint density at radius 1 is 1.44 bits per heavy atom. The van der Waals surface area contributed by atoms with Crippen molar-refractivity contribution in [2.75, 3.05) is 25.1 Å². The fourth-order valence-electron chi connectivity index (χ4n) is 1.81. The van der Waals surface area contributed by atoms with E-state index in [0.717, 1.165) is 17.5 Å². The maximum atomic E-state index is 10.7. The van der Waals surface area contributed by atoms with Crippen molar-refractivity contribution in [1.29, 1.82) is 0 Å². The number of nitrogens with zero attached hydrogens (tertiary/aromatic N) is 1. The quantitative estimate of drug-likeness (QED) is 0.762. The summed E-state index contributed by atoms with van der Waals surface area (Å²) in [5, 5.41) is 9.19. The van der Waals surface area contributed by atoms with Crippen molar-refractivity contribution in [2.24, 2.45) is 0 Å². The highest BCUT2D eigenvalue weighted by molar-refractivity contribution is 5.61. The molecule has 1 atom stereocenters. The minimum atomic E-state index is -0.490. The topological polar surface area (TPSA) is 49.8 Å². The fourth-order valence-corrected chi connectivity index (χ4v) is 1.81. The second-order valence-corrected chi connectivity index (χ2v) is 3.94. The first-order chi connectivity index (χ1) is 7.74. The molecular formula is C12H15NO3. The molecule has 0 radical (unpaired) electrons. The van der Waals surface area contributed by atoms with E-state index in [4.69, 9.17) is 4.74 Å². The summed E-state index contributed by atoms with van der Waals surface area (Å²) in [7, 11) is 1.51. The molecule has 1 aliphatic heterocycles. The van der Waals surface area contributed by atoms with Gasteiger partial charge in [-0.2, -0.15) is 0 Å². The molecule has 0 spiro atoms. The number of carbonyl (C=O) groups excluding carboxylic acids is 1. The smallest absolute Gasteiger partial charge is 0.153 e. The van der Waals surface area contributed by atoms with Gasteiger partial charge in [0.15, 0.2) is 6.29 Å². The summed E-state index contributed by atoms with van der Waals surface area (Å²) in [6.07, 6.45) is 0.0833. The maximum absolute atomic E-state index is 10.7. The van der Waals surface area contributed by atoms with E-state index >= 15 is 0 Å². The Morgan fingerprint density at radius 2 is 2.06 bits per heavy atom. The van der Waals surface area contributed by atoms with E-state index in [1.165, 1.54) is 7.11 Å². The number of hydrogen-bond donors (Lipinski definition) is 1. The lowest BCUT2D eigenvalue weighted by atomic mass is 10.1. The molecule has 4 nitrogen and oxygen atoms in total. The summed E-state index contributed by atoms with van der Waals surface area (Å²) in [6, 6.07) is 7.64. The summed E-state index contributed by atoms with van der Waals surface area (Å²) in [6.45, 7) is 1.36. The highest BCUT2D eigenvalue weighted by atomic mass is 16.5. The number of ether oxygens (including phenoxy) is 1. The molecule has 16 heavy (non-hydrogen) atoms. The van der Waals surface area contributed by atoms with Crippen LogP contribution in [-0.4, -0.2) is 37.7 Å². The molecule has 0 saturated carbocycles. The zero-order valence-electron chi connectivity index (χ0n) is 9.17. The number of anilines is 1. The standard InChI is InChI=1S/C12H15NO3/c1-16-12(8-14)9-2-4-10(5-3-9)13-6-11(15)7-13/h2-5,8,11-12,15H,6-7H2,1H3. The Morgan fingerprint density at radius 3 is 2.50 bits per heavy atom. The van der Waals surface area contributed by atoms with Gasteiger partial charge in [-0.15, -0.1) is 0 Å². The summed E-state index contributed by atoms with van der Waals surface area (Å²) in [4.78, 5) is 12.8. The number of hydrogen-bond acceptors (Lipinski definition) is 4. The van der Waals surface area contributed by atoms with E-state index < -0.39 is 6.10 Å². The highest BCUT2D eigenvalue weighted by Crippen LogP contribution is 2.23. The number of methoxy groups -OCH3 is 1. The minimum Gasteiger partial charge on any atom is -0.389 e. The fraction of sp³-hybridized carbons (Fsp3) is 0.417. The lowest BCUT2D eigenvalue weighted by Crippen LogP contribution is -2.50. The predicted molar refractivity (Wildman–Crippen MR) is 60.5 cm³/mol. The van der Waals surface area contributed by atoms with Crippen LogP contribution in [0.15, 0.2) is 24.3 Å². The second-order valence-electron chi connectivity index (χ2n) is 3.94. The first-order valence-electron chi connectivity index (χ1n) is 5.25. The van der Waals surface area contributed by atoms with Crippen LogP contribution >= 0.6 is 0 Å². The number of β-amino-alcohol motifs (C(OH)–C–C–N with tert-alkyl or cyclic N) is 1. The van der Waals surface area contributed by atoms with Gasteiger partial charge in [-0.3, -0.25) is 0 Å². The third-order valence-electron chi connectivity index (χ3n) is 2.83. The van der Waals surface area contributed by atoms with Crippen LogP contribution in [0, 0.1) is 0 Å². The maximum Gasteiger partial charge on any atom is 0.153 e. The first-order valence-corrected chi connectivity index (χ1v) is 5.25. The van der Waals surface area contributed by atoms with Crippen LogP contribution < -0.4 is 4.90 Å². The molecule has 1 fully saturated rings. The van der Waals surface area contributed by atoms with Crippen molar-refractivity contribution in [1.82, 2.24) is 0 Å². The lowest BCUT2D eigenvalue weighted by molar-refractivity contribution is -0.116. The van der Waals surface area contributed by atoms with Gasteiger partial charge in [0, 0.05) is 25.9 Å². The Bertz CT molecular complexity index is 357. The SMILES string of the molecule is COC(C=O)c1ccc(N2CC(O)C2)cc1. The van der Waals surface area contributed by atoms with Crippen LogP contribution in [0.3, 0.4) is 0 Å². The molecule has 1 unspecified atom stereocenters. The Kier molecular flexibility index (Phi) is 3.22. The minimum absolute atomic E-state index is 0.207. The Balaban J connectivity index is 2.07. The van der Waals surface area contributed by atoms with E-state index in [0.29, 0.717) is 13.1 Å². The number of benzene rings is 1. The summed E-state index contributed by atoms with van der Waals surface area (Å²) >= 11 is 0. The van der Waals surface area contributed by atoms with Crippen LogP contribution in [0.1, 0.15) is 11.7 Å². The van der Waals surface area contributed by atoms with E-state index in [2.05, 4.69) is 4.90 Å². The normalized spacial score (nSPS) is 18.0. The number of aldehydes is 1. The molecule has 1 aromatic carbocycles. The summed E-state index contributed by atoms with van der Waals surface area (Å²) in [5.74, 6) is 0. The molecule has 1 aliphatic rings. The van der Waals surface area contributed by atoms with Crippen LogP contribution in [0.5, 0.6) is 0 Å². The molecule has 0 bridgehead atoms. The first kappa shape index (κ1) is 11.1. The van der Waals surface area contributed by atoms with Crippen molar-refractivity contribution >= 4 is 12.0 Å². The molecule has 1 saturated heterocycles. The summed E-state index contributed by atoms with van der Waals surface area (Å²) in [5.41, 5.74) is 1.91. The van der Waals surface area contributed by atoms with Gasteiger partial charge in [0.2, 0.25) is 0 Å². The molecule has 0 aliphatic carbocycles. The van der Waals surface area contributed by atoms with Crippen molar-refractivity contribution in [3.63, 3.8) is 0 Å². The average Bonchev–Trinajstić information content (AvgIpc) is 2.28. The highest BCUT2D eigenvalue weighted by Gasteiger charge is 2.24. The molecular weight excluding hydrogens is 206 g/mol. The van der Waals surface area contributed by atoms with Gasteiger partial charge in [0.1, 0.15) is 6.10 Å². The number of carbonyl (C=O) groups is 1. The summed E-state index contributed by atoms with van der Waals surface area (Å²) < 4.78 is 5.02. The van der Waals surface area contributed by atoms with Gasteiger partial charge < -0.3 is 19.5 Å². The van der Waals surface area contributed by atoms with Gasteiger partial charge in [-0.05, 0) is 17.7 Å². The van der Waals surface area contributed by atoms with Crippen LogP contribution in [-0.2, 0) is 9.53 Å². The Hall–Kier alpha value is -1.39. The molecule has 1 aromatic rings. The van der Waals surface area contributed by atoms with Crippen LogP contribution in [0.2, 0.25) is 0 Å². The average molecular weight is 221 g/mol. The second kappa shape index (κ2) is 4.63. The molecule has 0 amide bonds. The molecule has 0 aromatic heterocycles. The third kappa shape index (κ3) is 2.08.